The first-order valence-electron chi connectivity index (χ1n) is 9.96. The number of hydrogen-bond donors (Lipinski definition) is 1. The summed E-state index contributed by atoms with van der Waals surface area (Å²) >= 11 is 1.43. The average molecular weight is 437 g/mol. The van der Waals surface area contributed by atoms with Gasteiger partial charge in [-0.15, -0.1) is 11.3 Å². The van der Waals surface area contributed by atoms with Gasteiger partial charge < -0.3 is 19.2 Å². The van der Waals surface area contributed by atoms with Crippen molar-refractivity contribution >= 4 is 28.6 Å². The van der Waals surface area contributed by atoms with E-state index >= 15 is 0 Å². The first-order chi connectivity index (χ1) is 14.9. The zero-order valence-electron chi connectivity index (χ0n) is 17.9. The number of methoxy groups -OCH3 is 1. The van der Waals surface area contributed by atoms with Gasteiger partial charge in [0, 0.05) is 30.1 Å². The number of benzene rings is 1. The highest BCUT2D eigenvalue weighted by molar-refractivity contribution is 7.14. The molecule has 8 heteroatoms. The van der Waals surface area contributed by atoms with Gasteiger partial charge in [0.1, 0.15) is 17.1 Å². The average Bonchev–Trinajstić information content (AvgIpc) is 3.35. The number of fused-ring (bicyclic) bond motifs is 1. The highest BCUT2D eigenvalue weighted by Gasteiger charge is 2.18. The summed E-state index contributed by atoms with van der Waals surface area (Å²) in [7, 11) is 1.58. The Morgan fingerprint density at radius 2 is 2.03 bits per heavy atom. The molecule has 1 aromatic carbocycles. The normalized spacial score (nSPS) is 11.1. The Morgan fingerprint density at radius 3 is 2.74 bits per heavy atom. The Bertz CT molecular complexity index is 1200. The van der Waals surface area contributed by atoms with Gasteiger partial charge in [0.15, 0.2) is 11.5 Å². The summed E-state index contributed by atoms with van der Waals surface area (Å²) < 4.78 is 13.3. The molecule has 0 aliphatic rings. The number of carbonyl (C=O) groups is 1. The molecular weight excluding hydrogens is 412 g/mol. The lowest BCUT2D eigenvalue weighted by Crippen LogP contribution is -2.11. The molecule has 3 heterocycles. The van der Waals surface area contributed by atoms with Crippen LogP contribution in [0.3, 0.4) is 0 Å². The summed E-state index contributed by atoms with van der Waals surface area (Å²) in [5, 5.41) is 3.89. The monoisotopic (exact) mass is 436 g/mol. The quantitative estimate of drug-likeness (QED) is 0.438. The van der Waals surface area contributed by atoms with Crippen LogP contribution >= 0.6 is 11.3 Å². The van der Waals surface area contributed by atoms with Crippen LogP contribution in [0.15, 0.2) is 48.8 Å². The van der Waals surface area contributed by atoms with E-state index in [9.17, 15) is 4.79 Å². The van der Waals surface area contributed by atoms with E-state index in [1.807, 2.05) is 41.9 Å². The number of aromatic nitrogens is 3. The summed E-state index contributed by atoms with van der Waals surface area (Å²) in [5.41, 5.74) is 3.01. The third-order valence-corrected chi connectivity index (χ3v) is 6.18. The first kappa shape index (κ1) is 20.9. The fourth-order valence-corrected chi connectivity index (χ4v) is 4.10. The van der Waals surface area contributed by atoms with Crippen LogP contribution in [-0.2, 0) is 6.61 Å². The minimum atomic E-state index is -0.182. The Balaban J connectivity index is 1.51. The van der Waals surface area contributed by atoms with E-state index in [1.54, 1.807) is 25.3 Å². The highest BCUT2D eigenvalue weighted by Crippen LogP contribution is 2.32. The maximum Gasteiger partial charge on any atom is 0.267 e. The van der Waals surface area contributed by atoms with Crippen LogP contribution in [0.5, 0.6) is 11.5 Å². The van der Waals surface area contributed by atoms with Gasteiger partial charge in [-0.1, -0.05) is 19.9 Å². The van der Waals surface area contributed by atoms with Crippen LogP contribution in [0.1, 0.15) is 45.8 Å². The third-order valence-electron chi connectivity index (χ3n) is 4.72. The van der Waals surface area contributed by atoms with Crippen molar-refractivity contribution in [2.75, 3.05) is 12.4 Å². The predicted molar refractivity (Wildman–Crippen MR) is 121 cm³/mol. The van der Waals surface area contributed by atoms with E-state index in [0.717, 1.165) is 22.0 Å². The zero-order chi connectivity index (χ0) is 22.0. The number of pyridine rings is 1. The van der Waals surface area contributed by atoms with Gasteiger partial charge in [0.25, 0.3) is 5.91 Å². The number of hydrogen-bond acceptors (Lipinski definition) is 6. The van der Waals surface area contributed by atoms with Crippen molar-refractivity contribution in [3.63, 3.8) is 0 Å². The number of thiazole rings is 1. The van der Waals surface area contributed by atoms with Gasteiger partial charge in [-0.2, -0.15) is 0 Å². The Labute approximate surface area is 184 Å². The zero-order valence-corrected chi connectivity index (χ0v) is 18.7. The van der Waals surface area contributed by atoms with E-state index in [2.05, 4.69) is 29.1 Å². The SMILES string of the molecule is COc1ccc(NC(=O)c2sc(C(C)C)nc2C)cc1OCc1cn2ccccc2n1. The predicted octanol–water partition coefficient (Wildman–Crippen LogP) is 5.06. The van der Waals surface area contributed by atoms with Gasteiger partial charge >= 0.3 is 0 Å². The number of ether oxygens (including phenoxy) is 2. The van der Waals surface area contributed by atoms with Gasteiger partial charge in [-0.25, -0.2) is 9.97 Å². The second-order valence-electron chi connectivity index (χ2n) is 7.43. The van der Waals surface area contributed by atoms with E-state index in [-0.39, 0.29) is 18.4 Å². The molecule has 0 saturated heterocycles. The summed E-state index contributed by atoms with van der Waals surface area (Å²) in [6.45, 7) is 6.27. The van der Waals surface area contributed by atoms with E-state index in [4.69, 9.17) is 9.47 Å². The Kier molecular flexibility index (Phi) is 5.90. The number of rotatable bonds is 7. The molecule has 0 bridgehead atoms. The largest absolute Gasteiger partial charge is 0.493 e. The number of aryl methyl sites for hydroxylation is 1. The number of nitrogens with one attached hydrogen (secondary N) is 1. The van der Waals surface area contributed by atoms with Crippen molar-refractivity contribution < 1.29 is 14.3 Å². The molecule has 0 atom stereocenters. The summed E-state index contributed by atoms with van der Waals surface area (Å²) in [5.74, 6) is 1.21. The number of anilines is 1. The molecule has 0 radical (unpaired) electrons. The molecule has 160 valence electrons. The molecule has 7 nitrogen and oxygen atoms in total. The maximum absolute atomic E-state index is 12.8. The second-order valence-corrected chi connectivity index (χ2v) is 8.46. The van der Waals surface area contributed by atoms with Gasteiger partial charge in [0.2, 0.25) is 0 Å². The van der Waals surface area contributed by atoms with Gasteiger partial charge in [-0.3, -0.25) is 4.79 Å². The maximum atomic E-state index is 12.8. The lowest BCUT2D eigenvalue weighted by atomic mass is 10.2. The Morgan fingerprint density at radius 1 is 1.19 bits per heavy atom. The van der Waals surface area contributed by atoms with Crippen LogP contribution in [0.4, 0.5) is 5.69 Å². The Hall–Kier alpha value is -3.39. The van der Waals surface area contributed by atoms with Gasteiger partial charge in [-0.05, 0) is 31.2 Å². The van der Waals surface area contributed by atoms with E-state index in [0.29, 0.717) is 22.1 Å². The summed E-state index contributed by atoms with van der Waals surface area (Å²) in [6.07, 6.45) is 3.86. The molecule has 1 amide bonds. The second kappa shape index (κ2) is 8.77. The van der Waals surface area contributed by atoms with Crippen LogP contribution in [0, 0.1) is 6.92 Å². The van der Waals surface area contributed by atoms with Gasteiger partial charge in [0.05, 0.1) is 23.5 Å². The minimum absolute atomic E-state index is 0.182. The fraction of sp³-hybridized carbons (Fsp3) is 0.261. The van der Waals surface area contributed by atoms with Crippen LogP contribution in [-0.4, -0.2) is 27.4 Å². The fourth-order valence-electron chi connectivity index (χ4n) is 3.14. The van der Waals surface area contributed by atoms with Crippen molar-refractivity contribution in [1.82, 2.24) is 14.4 Å². The van der Waals surface area contributed by atoms with Crippen molar-refractivity contribution in [2.24, 2.45) is 0 Å². The number of carbonyl (C=O) groups excluding carboxylic acids is 1. The number of nitrogens with zero attached hydrogens (tertiary/aromatic N) is 3. The molecule has 0 saturated carbocycles. The number of amides is 1. The first-order valence-corrected chi connectivity index (χ1v) is 10.8. The van der Waals surface area contributed by atoms with Crippen molar-refractivity contribution in [1.29, 1.82) is 0 Å². The lowest BCUT2D eigenvalue weighted by Gasteiger charge is -2.12. The third kappa shape index (κ3) is 4.54. The van der Waals surface area contributed by atoms with Crippen molar-refractivity contribution in [2.45, 2.75) is 33.3 Å². The topological polar surface area (TPSA) is 77.8 Å². The molecule has 4 rings (SSSR count). The van der Waals surface area contributed by atoms with Crippen LogP contribution in [0.2, 0.25) is 0 Å². The molecule has 0 fully saturated rings. The molecule has 31 heavy (non-hydrogen) atoms. The molecule has 0 aliphatic carbocycles. The van der Waals surface area contributed by atoms with Crippen molar-refractivity contribution in [3.8, 4) is 11.5 Å². The molecule has 3 aromatic heterocycles. The molecule has 0 unspecified atom stereocenters. The molecule has 0 spiro atoms. The summed E-state index contributed by atoms with van der Waals surface area (Å²) in [4.78, 5) is 22.5. The highest BCUT2D eigenvalue weighted by atomic mass is 32.1. The van der Waals surface area contributed by atoms with Crippen LogP contribution in [0.25, 0.3) is 5.65 Å². The standard InChI is InChI=1S/C23H24N4O3S/c1-14(2)23-24-15(3)21(31-23)22(28)26-16-8-9-18(29-4)19(11-16)30-13-17-12-27-10-6-5-7-20(27)25-17/h5-12,14H,13H2,1-4H3,(H,26,28). The lowest BCUT2D eigenvalue weighted by molar-refractivity contribution is 0.103. The number of imidazole rings is 1. The van der Waals surface area contributed by atoms with Crippen LogP contribution < -0.4 is 14.8 Å². The minimum Gasteiger partial charge on any atom is -0.493 e. The van der Waals surface area contributed by atoms with E-state index in [1.165, 1.54) is 11.3 Å². The summed E-state index contributed by atoms with van der Waals surface area (Å²) in [6, 6.07) is 11.1. The smallest absolute Gasteiger partial charge is 0.267 e. The van der Waals surface area contributed by atoms with E-state index < -0.39 is 0 Å². The molecular formula is C23H24N4O3S. The molecule has 4 aromatic rings. The van der Waals surface area contributed by atoms with Crippen molar-refractivity contribution in [3.05, 3.63) is 70.1 Å². The molecule has 0 aliphatic heterocycles. The molecule has 1 N–H and O–H groups in total.